The smallest absolute Gasteiger partial charge is 0.228 e. The second-order valence-electron chi connectivity index (χ2n) is 4.28. The number of hydrogen-bond donors (Lipinski definition) is 1. The Kier molecular flexibility index (Phi) is 3.73. The van der Waals surface area contributed by atoms with Gasteiger partial charge in [-0.2, -0.15) is 0 Å². The van der Waals surface area contributed by atoms with Crippen molar-refractivity contribution < 1.29 is 4.79 Å². The zero-order valence-corrected chi connectivity index (χ0v) is 14.3. The van der Waals surface area contributed by atoms with Gasteiger partial charge in [0.1, 0.15) is 0 Å². The standard InChI is InChI=1S/C13H8Br2ClNOS/c14-10-5-8(13(15)19-10)12(16)6-1-2-9-7(3-6)4-11(18)17-9/h1-3,5,12H,4H2,(H,17,18). The fourth-order valence-corrected chi connectivity index (χ4v) is 5.52. The Balaban J connectivity index is 1.97. The van der Waals surface area contributed by atoms with E-state index in [-0.39, 0.29) is 11.3 Å². The molecular formula is C13H8Br2ClNOS. The molecule has 1 atom stereocenters. The van der Waals surface area contributed by atoms with E-state index in [0.717, 1.165) is 30.0 Å². The lowest BCUT2D eigenvalue weighted by Crippen LogP contribution is -2.03. The molecule has 0 bridgehead atoms. The maximum absolute atomic E-state index is 11.4. The second-order valence-corrected chi connectivity index (χ2v) is 8.47. The topological polar surface area (TPSA) is 29.1 Å². The van der Waals surface area contributed by atoms with E-state index < -0.39 is 0 Å². The van der Waals surface area contributed by atoms with Crippen LogP contribution in [0, 0.1) is 0 Å². The highest BCUT2D eigenvalue weighted by Crippen LogP contribution is 2.41. The Hall–Kier alpha value is -0.360. The van der Waals surface area contributed by atoms with Crippen LogP contribution in [0.1, 0.15) is 22.1 Å². The number of alkyl halides is 1. The molecule has 1 aromatic heterocycles. The average Bonchev–Trinajstić information content (AvgIpc) is 2.88. The van der Waals surface area contributed by atoms with Crippen molar-refractivity contribution >= 4 is 66.4 Å². The van der Waals surface area contributed by atoms with E-state index in [0.29, 0.717) is 6.42 Å². The molecule has 1 N–H and O–H groups in total. The van der Waals surface area contributed by atoms with Crippen LogP contribution in [-0.4, -0.2) is 5.91 Å². The third kappa shape index (κ3) is 2.61. The summed E-state index contributed by atoms with van der Waals surface area (Å²) in [5, 5.41) is 2.60. The Morgan fingerprint density at radius 2 is 2.11 bits per heavy atom. The third-order valence-corrected chi connectivity index (χ3v) is 5.88. The van der Waals surface area contributed by atoms with Crippen molar-refractivity contribution in [1.29, 1.82) is 0 Å². The maximum atomic E-state index is 11.4. The number of carbonyl (C=O) groups excluding carboxylic acids is 1. The number of carbonyl (C=O) groups is 1. The minimum Gasteiger partial charge on any atom is -0.326 e. The summed E-state index contributed by atoms with van der Waals surface area (Å²) in [7, 11) is 0. The van der Waals surface area contributed by atoms with E-state index in [1.54, 1.807) is 11.3 Å². The highest BCUT2D eigenvalue weighted by atomic mass is 79.9. The zero-order chi connectivity index (χ0) is 13.6. The molecule has 0 spiro atoms. The summed E-state index contributed by atoms with van der Waals surface area (Å²) in [6, 6.07) is 7.90. The molecule has 98 valence electrons. The first-order valence-corrected chi connectivity index (χ1v) is 8.40. The number of benzene rings is 1. The number of hydrogen-bond acceptors (Lipinski definition) is 2. The first-order chi connectivity index (χ1) is 9.04. The van der Waals surface area contributed by atoms with Crippen LogP contribution in [0.2, 0.25) is 0 Å². The summed E-state index contributed by atoms with van der Waals surface area (Å²) in [4.78, 5) is 11.4. The highest BCUT2D eigenvalue weighted by molar-refractivity contribution is 9.12. The molecule has 19 heavy (non-hydrogen) atoms. The van der Waals surface area contributed by atoms with Crippen LogP contribution in [0.15, 0.2) is 31.8 Å². The summed E-state index contributed by atoms with van der Waals surface area (Å²) in [6.45, 7) is 0. The fourth-order valence-electron chi connectivity index (χ4n) is 2.11. The Morgan fingerprint density at radius 3 is 2.79 bits per heavy atom. The van der Waals surface area contributed by atoms with Crippen molar-refractivity contribution in [3.63, 3.8) is 0 Å². The van der Waals surface area contributed by atoms with Gasteiger partial charge in [0, 0.05) is 11.3 Å². The number of fused-ring (bicyclic) bond motifs is 1. The van der Waals surface area contributed by atoms with E-state index in [1.165, 1.54) is 0 Å². The fraction of sp³-hybridized carbons (Fsp3) is 0.154. The monoisotopic (exact) mass is 419 g/mol. The molecule has 1 aliphatic heterocycles. The van der Waals surface area contributed by atoms with Crippen LogP contribution < -0.4 is 5.32 Å². The first kappa shape index (κ1) is 13.6. The third-order valence-electron chi connectivity index (χ3n) is 3.00. The number of halogens is 3. The minimum absolute atomic E-state index is 0.0396. The van der Waals surface area contributed by atoms with Gasteiger partial charge in [0.25, 0.3) is 0 Å². The number of anilines is 1. The first-order valence-electron chi connectivity index (χ1n) is 5.56. The molecule has 3 rings (SSSR count). The molecule has 2 aromatic rings. The van der Waals surface area contributed by atoms with Crippen molar-refractivity contribution in [3.05, 3.63) is 48.5 Å². The van der Waals surface area contributed by atoms with Gasteiger partial charge in [0.05, 0.1) is 19.4 Å². The van der Waals surface area contributed by atoms with Crippen molar-refractivity contribution in [1.82, 2.24) is 0 Å². The molecule has 0 aliphatic carbocycles. The molecular weight excluding hydrogens is 413 g/mol. The number of thiophene rings is 1. The molecule has 0 radical (unpaired) electrons. The van der Waals surface area contributed by atoms with Gasteiger partial charge in [-0.3, -0.25) is 4.79 Å². The number of amides is 1. The summed E-state index contributed by atoms with van der Waals surface area (Å²) in [5.41, 5.74) is 3.94. The predicted octanol–water partition coefficient (Wildman–Crippen LogP) is 5.10. The Morgan fingerprint density at radius 1 is 1.32 bits per heavy atom. The number of nitrogens with one attached hydrogen (secondary N) is 1. The number of rotatable bonds is 2. The lowest BCUT2D eigenvalue weighted by molar-refractivity contribution is -0.115. The van der Waals surface area contributed by atoms with Crippen LogP contribution >= 0.6 is 54.8 Å². The van der Waals surface area contributed by atoms with Crippen LogP contribution in [0.3, 0.4) is 0 Å². The Bertz CT molecular complexity index is 671. The molecule has 0 fully saturated rings. The van der Waals surface area contributed by atoms with E-state index >= 15 is 0 Å². The molecule has 1 amide bonds. The van der Waals surface area contributed by atoms with E-state index in [4.69, 9.17) is 11.6 Å². The van der Waals surface area contributed by atoms with Gasteiger partial charge in [-0.05, 0) is 55.1 Å². The Labute approximate surface area is 136 Å². The van der Waals surface area contributed by atoms with Crippen molar-refractivity contribution in [2.75, 3.05) is 5.32 Å². The zero-order valence-electron chi connectivity index (χ0n) is 9.54. The highest BCUT2D eigenvalue weighted by Gasteiger charge is 2.21. The van der Waals surface area contributed by atoms with Gasteiger partial charge < -0.3 is 5.32 Å². The van der Waals surface area contributed by atoms with Crippen LogP contribution in [0.4, 0.5) is 5.69 Å². The van der Waals surface area contributed by atoms with Crippen molar-refractivity contribution in [2.45, 2.75) is 11.8 Å². The lowest BCUT2D eigenvalue weighted by Gasteiger charge is -2.10. The van der Waals surface area contributed by atoms with Crippen molar-refractivity contribution in [3.8, 4) is 0 Å². The molecule has 6 heteroatoms. The van der Waals surface area contributed by atoms with Gasteiger partial charge >= 0.3 is 0 Å². The van der Waals surface area contributed by atoms with Gasteiger partial charge in [-0.1, -0.05) is 12.1 Å². The summed E-state index contributed by atoms with van der Waals surface area (Å²) in [5.74, 6) is 0.0396. The molecule has 1 aliphatic rings. The van der Waals surface area contributed by atoms with Crippen LogP contribution in [0.5, 0.6) is 0 Å². The summed E-state index contributed by atoms with van der Waals surface area (Å²) >= 11 is 15.1. The molecule has 2 heterocycles. The predicted molar refractivity (Wildman–Crippen MR) is 86.2 cm³/mol. The minimum atomic E-state index is -0.224. The summed E-state index contributed by atoms with van der Waals surface area (Å²) < 4.78 is 2.06. The average molecular weight is 422 g/mol. The van der Waals surface area contributed by atoms with Crippen LogP contribution in [0.25, 0.3) is 0 Å². The van der Waals surface area contributed by atoms with Gasteiger partial charge in [-0.15, -0.1) is 22.9 Å². The van der Waals surface area contributed by atoms with Gasteiger partial charge in [-0.25, -0.2) is 0 Å². The maximum Gasteiger partial charge on any atom is 0.228 e. The molecule has 0 saturated heterocycles. The van der Waals surface area contributed by atoms with E-state index in [1.807, 2.05) is 24.3 Å². The van der Waals surface area contributed by atoms with Crippen LogP contribution in [-0.2, 0) is 11.2 Å². The quantitative estimate of drug-likeness (QED) is 0.672. The molecule has 1 unspecified atom stereocenters. The van der Waals surface area contributed by atoms with Crippen molar-refractivity contribution in [2.24, 2.45) is 0 Å². The molecule has 1 aromatic carbocycles. The van der Waals surface area contributed by atoms with Gasteiger partial charge in [0.2, 0.25) is 5.91 Å². The van der Waals surface area contributed by atoms with E-state index in [9.17, 15) is 4.79 Å². The molecule has 2 nitrogen and oxygen atoms in total. The summed E-state index contributed by atoms with van der Waals surface area (Å²) in [6.07, 6.45) is 0.432. The van der Waals surface area contributed by atoms with E-state index in [2.05, 4.69) is 37.2 Å². The largest absolute Gasteiger partial charge is 0.326 e. The van der Waals surface area contributed by atoms with Gasteiger partial charge in [0.15, 0.2) is 0 Å². The lowest BCUT2D eigenvalue weighted by atomic mass is 10.0. The second kappa shape index (κ2) is 5.20. The molecule has 0 saturated carbocycles. The normalized spacial score (nSPS) is 15.2. The SMILES string of the molecule is O=C1Cc2cc(C(Cl)c3cc(Br)sc3Br)ccc2N1.